The highest BCUT2D eigenvalue weighted by molar-refractivity contribution is 6.00. The van der Waals surface area contributed by atoms with Gasteiger partial charge in [0.2, 0.25) is 5.91 Å². The maximum absolute atomic E-state index is 14.7. The van der Waals surface area contributed by atoms with Crippen LogP contribution >= 0.6 is 0 Å². The van der Waals surface area contributed by atoms with E-state index in [1.54, 1.807) is 49.9 Å². The summed E-state index contributed by atoms with van der Waals surface area (Å²) in [6.07, 6.45) is 5.09. The van der Waals surface area contributed by atoms with E-state index >= 15 is 0 Å². The molecular formula is C38H41N3O4. The minimum Gasteiger partial charge on any atom is -0.444 e. The average molecular weight is 604 g/mol. The first kappa shape index (κ1) is 32.8. The highest BCUT2D eigenvalue weighted by atomic mass is 16.6. The van der Waals surface area contributed by atoms with E-state index in [0.717, 1.165) is 16.3 Å². The second kappa shape index (κ2) is 13.7. The predicted molar refractivity (Wildman–Crippen MR) is 180 cm³/mol. The Labute approximate surface area is 266 Å². The Morgan fingerprint density at radius 2 is 1.44 bits per heavy atom. The largest absolute Gasteiger partial charge is 0.444 e. The van der Waals surface area contributed by atoms with Gasteiger partial charge < -0.3 is 20.3 Å². The lowest BCUT2D eigenvalue weighted by Crippen LogP contribution is -2.58. The molecule has 45 heavy (non-hydrogen) atoms. The van der Waals surface area contributed by atoms with Gasteiger partial charge in [-0.05, 0) is 87.7 Å². The van der Waals surface area contributed by atoms with E-state index in [2.05, 4.69) is 16.6 Å². The van der Waals surface area contributed by atoms with Gasteiger partial charge >= 0.3 is 6.09 Å². The number of ether oxygens (including phenoxy) is 1. The molecule has 0 aliphatic carbocycles. The Bertz CT molecular complexity index is 1690. The monoisotopic (exact) mass is 603 g/mol. The number of fused-ring (bicyclic) bond motifs is 1. The average Bonchev–Trinajstić information content (AvgIpc) is 2.98. The number of benzene rings is 4. The molecule has 0 aromatic heterocycles. The van der Waals surface area contributed by atoms with Gasteiger partial charge in [0, 0.05) is 23.2 Å². The van der Waals surface area contributed by atoms with Gasteiger partial charge in [0.15, 0.2) is 0 Å². The summed E-state index contributed by atoms with van der Waals surface area (Å²) in [5.74, 6) is 1.77. The highest BCUT2D eigenvalue weighted by Gasteiger charge is 2.42. The van der Waals surface area contributed by atoms with Crippen LogP contribution in [0.15, 0.2) is 97.1 Å². The van der Waals surface area contributed by atoms with Gasteiger partial charge in [0.1, 0.15) is 17.7 Å². The molecule has 4 aromatic rings. The van der Waals surface area contributed by atoms with Crippen LogP contribution in [0.4, 0.5) is 10.5 Å². The number of terminal acetylenes is 1. The van der Waals surface area contributed by atoms with Crippen LogP contribution in [0.25, 0.3) is 10.8 Å². The lowest BCUT2D eigenvalue weighted by Gasteiger charge is -2.43. The Kier molecular flexibility index (Phi) is 9.98. The zero-order valence-electron chi connectivity index (χ0n) is 26.8. The molecule has 0 spiro atoms. The van der Waals surface area contributed by atoms with Crippen molar-refractivity contribution in [3.8, 4) is 12.3 Å². The third-order valence-electron chi connectivity index (χ3n) is 7.15. The summed E-state index contributed by atoms with van der Waals surface area (Å²) in [5, 5.41) is 7.85. The number of alkyl carbamates (subject to hydrolysis) is 1. The smallest absolute Gasteiger partial charge is 0.408 e. The number of amides is 3. The number of carbonyl (C=O) groups is 3. The maximum atomic E-state index is 14.7. The minimum atomic E-state index is -1.06. The summed E-state index contributed by atoms with van der Waals surface area (Å²) in [6.45, 7) is 10.9. The highest BCUT2D eigenvalue weighted by Crippen LogP contribution is 2.32. The zero-order valence-corrected chi connectivity index (χ0v) is 26.8. The van der Waals surface area contributed by atoms with E-state index < -0.39 is 41.1 Å². The van der Waals surface area contributed by atoms with Gasteiger partial charge in [-0.15, -0.1) is 6.42 Å². The van der Waals surface area contributed by atoms with Crippen LogP contribution in [0.1, 0.15) is 64.3 Å². The van der Waals surface area contributed by atoms with E-state index in [9.17, 15) is 14.4 Å². The van der Waals surface area contributed by atoms with Crippen LogP contribution in [0.5, 0.6) is 0 Å². The lowest BCUT2D eigenvalue weighted by atomic mass is 9.93. The molecule has 232 valence electrons. The van der Waals surface area contributed by atoms with Crippen molar-refractivity contribution in [3.63, 3.8) is 0 Å². The molecule has 4 rings (SSSR count). The van der Waals surface area contributed by atoms with E-state index in [0.29, 0.717) is 16.8 Å². The van der Waals surface area contributed by atoms with E-state index in [-0.39, 0.29) is 6.42 Å². The van der Waals surface area contributed by atoms with Crippen LogP contribution in [0.2, 0.25) is 0 Å². The molecule has 3 amide bonds. The standard InChI is InChI=1S/C38H41N3O4/c1-8-26-18-20-29(21-19-26)33(34(42)39-31-23-22-28-16-12-13-17-30(28)25-31)41(37(2,3)4)35(43)32(24-27-14-10-9-11-15-27)40-36(44)45-38(5,6)7/h1,9-23,25,32-33H,24H2,2-7H3,(H,39,42)(H,40,44). The third-order valence-corrected chi connectivity index (χ3v) is 7.15. The topological polar surface area (TPSA) is 87.7 Å². The molecule has 0 radical (unpaired) electrons. The van der Waals surface area contributed by atoms with Crippen molar-refractivity contribution in [2.24, 2.45) is 0 Å². The summed E-state index contributed by atoms with van der Waals surface area (Å²) in [4.78, 5) is 43.6. The number of hydrogen-bond acceptors (Lipinski definition) is 4. The lowest BCUT2D eigenvalue weighted by molar-refractivity contribution is -0.146. The Balaban J connectivity index is 1.78. The van der Waals surface area contributed by atoms with Crippen LogP contribution in [0.3, 0.4) is 0 Å². The van der Waals surface area contributed by atoms with Crippen molar-refractivity contribution in [2.75, 3.05) is 5.32 Å². The van der Waals surface area contributed by atoms with Gasteiger partial charge in [0.25, 0.3) is 5.91 Å². The number of rotatable bonds is 8. The molecule has 0 fully saturated rings. The molecule has 7 nitrogen and oxygen atoms in total. The van der Waals surface area contributed by atoms with Crippen molar-refractivity contribution >= 4 is 34.4 Å². The predicted octanol–water partition coefficient (Wildman–Crippen LogP) is 7.26. The van der Waals surface area contributed by atoms with Crippen molar-refractivity contribution in [3.05, 3.63) is 114 Å². The third kappa shape index (κ3) is 8.73. The molecule has 0 bridgehead atoms. The molecule has 2 N–H and O–H groups in total. The normalized spacial score (nSPS) is 12.8. The fourth-order valence-electron chi connectivity index (χ4n) is 5.17. The number of hydrogen-bond donors (Lipinski definition) is 2. The molecular weight excluding hydrogens is 562 g/mol. The van der Waals surface area contributed by atoms with Crippen molar-refractivity contribution < 1.29 is 19.1 Å². The van der Waals surface area contributed by atoms with Crippen LogP contribution in [-0.2, 0) is 20.7 Å². The van der Waals surface area contributed by atoms with E-state index in [1.165, 1.54) is 0 Å². The Morgan fingerprint density at radius 3 is 2.04 bits per heavy atom. The fraction of sp³-hybridized carbons (Fsp3) is 0.289. The molecule has 0 aliphatic heterocycles. The van der Waals surface area contributed by atoms with Gasteiger partial charge in [-0.1, -0.05) is 78.7 Å². The fourth-order valence-corrected chi connectivity index (χ4v) is 5.17. The van der Waals surface area contributed by atoms with Crippen molar-refractivity contribution in [2.45, 2.75) is 71.2 Å². The maximum Gasteiger partial charge on any atom is 0.408 e. The minimum absolute atomic E-state index is 0.195. The molecule has 0 saturated heterocycles. The Morgan fingerprint density at radius 1 is 0.822 bits per heavy atom. The summed E-state index contributed by atoms with van der Waals surface area (Å²) < 4.78 is 5.53. The molecule has 2 unspecified atom stereocenters. The second-order valence-corrected chi connectivity index (χ2v) is 13.0. The molecule has 0 heterocycles. The SMILES string of the molecule is C#Cc1ccc(C(C(=O)Nc2ccc3ccccc3c2)N(C(=O)C(Cc2ccccc2)NC(=O)OC(C)(C)C)C(C)(C)C)cc1. The van der Waals surface area contributed by atoms with Crippen molar-refractivity contribution in [1.82, 2.24) is 10.2 Å². The summed E-state index contributed by atoms with van der Waals surface area (Å²) in [5.41, 5.74) is 1.04. The summed E-state index contributed by atoms with van der Waals surface area (Å²) in [7, 11) is 0. The number of carbonyl (C=O) groups excluding carboxylic acids is 3. The quantitative estimate of drug-likeness (QED) is 0.208. The zero-order chi connectivity index (χ0) is 32.8. The van der Waals surface area contributed by atoms with Gasteiger partial charge in [0.05, 0.1) is 0 Å². The second-order valence-electron chi connectivity index (χ2n) is 13.0. The van der Waals surface area contributed by atoms with Crippen LogP contribution in [0, 0.1) is 12.3 Å². The molecule has 7 heteroatoms. The molecule has 0 aliphatic rings. The van der Waals surface area contributed by atoms with E-state index in [4.69, 9.17) is 11.2 Å². The van der Waals surface area contributed by atoms with Gasteiger partial charge in [-0.25, -0.2) is 4.79 Å². The van der Waals surface area contributed by atoms with Gasteiger partial charge in [-0.2, -0.15) is 0 Å². The first-order valence-electron chi connectivity index (χ1n) is 15.0. The van der Waals surface area contributed by atoms with Gasteiger partial charge in [-0.3, -0.25) is 9.59 Å². The Hall–Kier alpha value is -5.09. The van der Waals surface area contributed by atoms with Crippen molar-refractivity contribution in [1.29, 1.82) is 0 Å². The number of anilines is 1. The first-order valence-corrected chi connectivity index (χ1v) is 15.0. The first-order chi connectivity index (χ1) is 21.2. The number of nitrogens with zero attached hydrogens (tertiary/aromatic N) is 1. The molecule has 2 atom stereocenters. The van der Waals surface area contributed by atoms with E-state index in [1.807, 2.05) is 93.6 Å². The summed E-state index contributed by atoms with van der Waals surface area (Å²) >= 11 is 0. The van der Waals surface area contributed by atoms with Crippen LogP contribution in [-0.4, -0.2) is 40.0 Å². The molecule has 4 aromatic carbocycles. The summed E-state index contributed by atoms with van der Waals surface area (Å²) in [6, 6.07) is 27.9. The number of nitrogens with one attached hydrogen (secondary N) is 2. The molecule has 0 saturated carbocycles. The van der Waals surface area contributed by atoms with Crippen LogP contribution < -0.4 is 10.6 Å².